The minimum atomic E-state index is -0.830. The number of rotatable bonds is 7. The summed E-state index contributed by atoms with van der Waals surface area (Å²) in [4.78, 5) is 19.4. The van der Waals surface area contributed by atoms with Gasteiger partial charge in [0.2, 0.25) is 0 Å². The second kappa shape index (κ2) is 6.83. The zero-order chi connectivity index (χ0) is 14.4. The zero-order valence-electron chi connectivity index (χ0n) is 11.4. The van der Waals surface area contributed by atoms with Gasteiger partial charge < -0.3 is 9.72 Å². The number of aromatic nitrogens is 2. The first-order valence-corrected chi connectivity index (χ1v) is 6.71. The molecule has 1 heterocycles. The van der Waals surface area contributed by atoms with E-state index in [9.17, 15) is 10.1 Å². The molecule has 1 aromatic heterocycles. The molecule has 2 rings (SSSR count). The zero-order valence-corrected chi connectivity index (χ0v) is 11.4. The summed E-state index contributed by atoms with van der Waals surface area (Å²) in [6.07, 6.45) is 0.959. The number of carbonyl (C=O) groups excluding carboxylic acids is 1. The highest BCUT2D eigenvalue weighted by Crippen LogP contribution is 2.19. The average Bonchev–Trinajstić information content (AvgIpc) is 2.88. The van der Waals surface area contributed by atoms with E-state index in [1.807, 2.05) is 37.3 Å². The Morgan fingerprint density at radius 3 is 3.00 bits per heavy atom. The molecule has 5 nitrogen and oxygen atoms in total. The molecule has 0 amide bonds. The highest BCUT2D eigenvalue weighted by molar-refractivity contribution is 5.88. The molecule has 0 saturated carbocycles. The van der Waals surface area contributed by atoms with Crippen LogP contribution in [0, 0.1) is 11.3 Å². The van der Waals surface area contributed by atoms with E-state index in [0.29, 0.717) is 31.9 Å². The summed E-state index contributed by atoms with van der Waals surface area (Å²) in [6.45, 7) is 3.09. The van der Waals surface area contributed by atoms with Crippen molar-refractivity contribution < 1.29 is 9.53 Å². The Bertz CT molecular complexity index is 594. The third-order valence-corrected chi connectivity index (χ3v) is 3.05. The van der Waals surface area contributed by atoms with E-state index in [4.69, 9.17) is 4.74 Å². The first-order chi connectivity index (χ1) is 9.76. The van der Waals surface area contributed by atoms with Gasteiger partial charge in [-0.1, -0.05) is 12.1 Å². The van der Waals surface area contributed by atoms with E-state index in [0.717, 1.165) is 11.0 Å². The van der Waals surface area contributed by atoms with Gasteiger partial charge in [0.25, 0.3) is 0 Å². The van der Waals surface area contributed by atoms with Crippen molar-refractivity contribution in [3.8, 4) is 6.07 Å². The predicted octanol–water partition coefficient (Wildman–Crippen LogP) is 2.56. The average molecular weight is 271 g/mol. The number of fused-ring (bicyclic) bond motifs is 1. The van der Waals surface area contributed by atoms with Crippen molar-refractivity contribution in [1.82, 2.24) is 9.97 Å². The van der Waals surface area contributed by atoms with E-state index < -0.39 is 5.92 Å². The summed E-state index contributed by atoms with van der Waals surface area (Å²) in [5.74, 6) is -0.523. The number of nitrogens with zero attached hydrogens (tertiary/aromatic N) is 2. The van der Waals surface area contributed by atoms with Gasteiger partial charge in [0, 0.05) is 19.6 Å². The Hall–Kier alpha value is -2.19. The predicted molar refractivity (Wildman–Crippen MR) is 75.2 cm³/mol. The lowest BCUT2D eigenvalue weighted by Gasteiger charge is -2.05. The van der Waals surface area contributed by atoms with Crippen LogP contribution in [-0.4, -0.2) is 29.0 Å². The fourth-order valence-electron chi connectivity index (χ4n) is 2.03. The normalized spacial score (nSPS) is 12.2. The summed E-state index contributed by atoms with van der Waals surface area (Å²) < 4.78 is 5.19. The van der Waals surface area contributed by atoms with Crippen molar-refractivity contribution in [3.05, 3.63) is 30.1 Å². The molecule has 0 aliphatic rings. The Kier molecular flexibility index (Phi) is 4.85. The number of ether oxygens (including phenoxy) is 1. The number of carbonyl (C=O) groups is 1. The fraction of sp³-hybridized carbons (Fsp3) is 0.400. The number of nitrogens with one attached hydrogen (secondary N) is 1. The maximum atomic E-state index is 12.1. The van der Waals surface area contributed by atoms with Crippen molar-refractivity contribution in [2.75, 3.05) is 13.2 Å². The lowest BCUT2D eigenvalue weighted by atomic mass is 10.0. The van der Waals surface area contributed by atoms with Gasteiger partial charge in [0.05, 0.1) is 17.1 Å². The lowest BCUT2D eigenvalue weighted by Crippen LogP contribution is -2.13. The topological polar surface area (TPSA) is 78.8 Å². The van der Waals surface area contributed by atoms with Gasteiger partial charge in [0.15, 0.2) is 11.7 Å². The quantitative estimate of drug-likeness (QED) is 0.785. The molecule has 1 N–H and O–H groups in total. The molecule has 0 aliphatic carbocycles. The molecule has 2 aromatic rings. The lowest BCUT2D eigenvalue weighted by molar-refractivity contribution is -0.119. The highest BCUT2D eigenvalue weighted by atomic mass is 16.5. The summed E-state index contributed by atoms with van der Waals surface area (Å²) in [5.41, 5.74) is 1.61. The standard InChI is InChI=1S/C15H17N3O2/c1-2-20-9-5-8-14(19)11(10-16)15-17-12-6-3-4-7-13(12)18-15/h3-4,6-7,11H,2,5,8-9H2,1H3,(H,17,18)/t11-/m1/s1. The van der Waals surface area contributed by atoms with Crippen molar-refractivity contribution in [3.63, 3.8) is 0 Å². The Morgan fingerprint density at radius 1 is 1.50 bits per heavy atom. The number of para-hydroxylation sites is 2. The number of hydrogen-bond donors (Lipinski definition) is 1. The van der Waals surface area contributed by atoms with E-state index in [-0.39, 0.29) is 5.78 Å². The van der Waals surface area contributed by atoms with E-state index >= 15 is 0 Å². The van der Waals surface area contributed by atoms with Crippen LogP contribution in [0.3, 0.4) is 0 Å². The largest absolute Gasteiger partial charge is 0.382 e. The SMILES string of the molecule is CCOCCCC(=O)[C@@H](C#N)c1nc2ccccc2[nH]1. The van der Waals surface area contributed by atoms with E-state index in [1.165, 1.54) is 0 Å². The van der Waals surface area contributed by atoms with Crippen molar-refractivity contribution in [2.45, 2.75) is 25.7 Å². The van der Waals surface area contributed by atoms with Crippen LogP contribution in [0.25, 0.3) is 11.0 Å². The third kappa shape index (κ3) is 3.22. The molecule has 0 radical (unpaired) electrons. The number of Topliss-reactive ketones (excluding diaryl/α,β-unsaturated/α-hetero) is 1. The van der Waals surface area contributed by atoms with Crippen LogP contribution in [-0.2, 0) is 9.53 Å². The smallest absolute Gasteiger partial charge is 0.162 e. The molecule has 5 heteroatoms. The number of imidazole rings is 1. The summed E-state index contributed by atoms with van der Waals surface area (Å²) in [7, 11) is 0. The Balaban J connectivity index is 2.07. The number of ketones is 1. The molecule has 104 valence electrons. The number of hydrogen-bond acceptors (Lipinski definition) is 4. The van der Waals surface area contributed by atoms with Crippen LogP contribution >= 0.6 is 0 Å². The first-order valence-electron chi connectivity index (χ1n) is 6.71. The Morgan fingerprint density at radius 2 is 2.30 bits per heavy atom. The van der Waals surface area contributed by atoms with Crippen LogP contribution in [0.1, 0.15) is 31.5 Å². The molecule has 0 spiro atoms. The van der Waals surface area contributed by atoms with E-state index in [2.05, 4.69) is 9.97 Å². The minimum Gasteiger partial charge on any atom is -0.382 e. The molecule has 20 heavy (non-hydrogen) atoms. The van der Waals surface area contributed by atoms with Crippen LogP contribution in [0.15, 0.2) is 24.3 Å². The maximum absolute atomic E-state index is 12.1. The van der Waals surface area contributed by atoms with Gasteiger partial charge in [0.1, 0.15) is 5.82 Å². The second-order valence-corrected chi connectivity index (χ2v) is 4.47. The number of benzene rings is 1. The number of H-pyrrole nitrogens is 1. The van der Waals surface area contributed by atoms with Gasteiger partial charge in [-0.25, -0.2) is 4.98 Å². The summed E-state index contributed by atoms with van der Waals surface area (Å²) in [5, 5.41) is 9.22. The number of nitriles is 1. The molecule has 0 unspecified atom stereocenters. The van der Waals surface area contributed by atoms with Gasteiger partial charge in [-0.3, -0.25) is 4.79 Å². The molecule has 0 aliphatic heterocycles. The third-order valence-electron chi connectivity index (χ3n) is 3.05. The molecular weight excluding hydrogens is 254 g/mol. The maximum Gasteiger partial charge on any atom is 0.162 e. The van der Waals surface area contributed by atoms with Crippen LogP contribution in [0.4, 0.5) is 0 Å². The van der Waals surface area contributed by atoms with Crippen LogP contribution in [0.5, 0.6) is 0 Å². The van der Waals surface area contributed by atoms with Crippen molar-refractivity contribution in [2.24, 2.45) is 0 Å². The van der Waals surface area contributed by atoms with Crippen molar-refractivity contribution in [1.29, 1.82) is 5.26 Å². The van der Waals surface area contributed by atoms with Gasteiger partial charge in [-0.05, 0) is 25.5 Å². The Labute approximate surface area is 117 Å². The van der Waals surface area contributed by atoms with Gasteiger partial charge in [-0.2, -0.15) is 5.26 Å². The van der Waals surface area contributed by atoms with Crippen LogP contribution in [0.2, 0.25) is 0 Å². The van der Waals surface area contributed by atoms with Gasteiger partial charge >= 0.3 is 0 Å². The van der Waals surface area contributed by atoms with Gasteiger partial charge in [-0.15, -0.1) is 0 Å². The van der Waals surface area contributed by atoms with E-state index in [1.54, 1.807) is 0 Å². The number of aromatic amines is 1. The summed E-state index contributed by atoms with van der Waals surface area (Å²) >= 11 is 0. The second-order valence-electron chi connectivity index (χ2n) is 4.47. The minimum absolute atomic E-state index is 0.119. The van der Waals surface area contributed by atoms with Crippen LogP contribution < -0.4 is 0 Å². The molecule has 0 fully saturated rings. The molecular formula is C15H17N3O2. The summed E-state index contributed by atoms with van der Waals surface area (Å²) in [6, 6.07) is 9.52. The molecule has 1 atom stereocenters. The molecule has 0 bridgehead atoms. The molecule has 0 saturated heterocycles. The fourth-order valence-corrected chi connectivity index (χ4v) is 2.03. The highest BCUT2D eigenvalue weighted by Gasteiger charge is 2.23. The monoisotopic (exact) mass is 271 g/mol. The molecule has 1 aromatic carbocycles. The van der Waals surface area contributed by atoms with Crippen molar-refractivity contribution >= 4 is 16.8 Å². The first kappa shape index (κ1) is 14.2.